The molecule has 4 rings (SSSR count). The minimum atomic E-state index is -3.10. The van der Waals surface area contributed by atoms with Crippen molar-refractivity contribution in [2.75, 3.05) is 16.4 Å². The number of halogens is 2. The Morgan fingerprint density at radius 1 is 1.15 bits per heavy atom. The van der Waals surface area contributed by atoms with Gasteiger partial charge in [-0.05, 0) is 35.9 Å². The smallest absolute Gasteiger partial charge is 0.164 e. The summed E-state index contributed by atoms with van der Waals surface area (Å²) in [5, 5.41) is 1.33. The molecule has 0 aromatic heterocycles. The fourth-order valence-electron chi connectivity index (χ4n) is 3.29. The zero-order valence-electron chi connectivity index (χ0n) is 13.7. The Morgan fingerprint density at radius 3 is 2.62 bits per heavy atom. The van der Waals surface area contributed by atoms with Crippen LogP contribution in [0.4, 0.5) is 10.1 Å². The van der Waals surface area contributed by atoms with Crippen LogP contribution in [0.25, 0.3) is 0 Å². The highest BCUT2D eigenvalue weighted by atomic mass is 35.5. The molecule has 2 aromatic rings. The van der Waals surface area contributed by atoms with Crippen LogP contribution in [0.3, 0.4) is 0 Å². The van der Waals surface area contributed by atoms with Gasteiger partial charge in [0, 0.05) is 16.5 Å². The Bertz CT molecular complexity index is 963. The van der Waals surface area contributed by atoms with Crippen molar-refractivity contribution >= 4 is 44.1 Å². The van der Waals surface area contributed by atoms with E-state index in [2.05, 4.69) is 4.99 Å². The molecule has 2 atom stereocenters. The summed E-state index contributed by atoms with van der Waals surface area (Å²) in [4.78, 5) is 6.60. The maximum absolute atomic E-state index is 13.9. The molecule has 0 N–H and O–H groups in total. The molecule has 0 bridgehead atoms. The monoisotopic (exact) mass is 410 g/mol. The van der Waals surface area contributed by atoms with Crippen LogP contribution < -0.4 is 4.90 Å². The molecular weight excluding hydrogens is 395 g/mol. The fourth-order valence-corrected chi connectivity index (χ4v) is 6.37. The summed E-state index contributed by atoms with van der Waals surface area (Å²) in [7, 11) is -3.10. The molecule has 0 amide bonds. The zero-order valence-corrected chi connectivity index (χ0v) is 16.1. The fraction of sp³-hybridized carbons (Fsp3) is 0.278. The molecule has 26 heavy (non-hydrogen) atoms. The van der Waals surface area contributed by atoms with Crippen molar-refractivity contribution in [2.24, 2.45) is 4.99 Å². The van der Waals surface area contributed by atoms with Crippen LogP contribution in [0.1, 0.15) is 5.56 Å². The molecule has 1 fully saturated rings. The first-order valence-electron chi connectivity index (χ1n) is 8.12. The summed E-state index contributed by atoms with van der Waals surface area (Å²) in [6, 6.07) is 13.4. The number of fused-ring (bicyclic) bond motifs is 1. The third-order valence-electron chi connectivity index (χ3n) is 4.53. The molecular formula is C18H16ClFN2O2S2. The number of rotatable bonds is 3. The molecule has 0 radical (unpaired) electrons. The Hall–Kier alpha value is -1.57. The van der Waals surface area contributed by atoms with E-state index >= 15 is 0 Å². The third kappa shape index (κ3) is 3.48. The van der Waals surface area contributed by atoms with Gasteiger partial charge in [-0.3, -0.25) is 4.99 Å². The van der Waals surface area contributed by atoms with Gasteiger partial charge in [-0.15, -0.1) is 0 Å². The van der Waals surface area contributed by atoms with Gasteiger partial charge in [0.2, 0.25) is 0 Å². The summed E-state index contributed by atoms with van der Waals surface area (Å²) < 4.78 is 38.0. The van der Waals surface area contributed by atoms with E-state index in [-0.39, 0.29) is 29.4 Å². The second-order valence-corrected chi connectivity index (χ2v) is 9.88. The quantitative estimate of drug-likeness (QED) is 0.773. The second-order valence-electron chi connectivity index (χ2n) is 6.35. The summed E-state index contributed by atoms with van der Waals surface area (Å²) in [5.41, 5.74) is 1.44. The lowest BCUT2D eigenvalue weighted by Gasteiger charge is -2.26. The van der Waals surface area contributed by atoms with Gasteiger partial charge in [0.1, 0.15) is 5.82 Å². The largest absolute Gasteiger partial charge is 0.315 e. The molecule has 2 aromatic carbocycles. The minimum absolute atomic E-state index is 0.0610. The number of aliphatic imine (C=N–C) groups is 1. The van der Waals surface area contributed by atoms with Crippen LogP contribution in [-0.2, 0) is 15.6 Å². The van der Waals surface area contributed by atoms with Crippen LogP contribution in [0, 0.1) is 5.82 Å². The summed E-state index contributed by atoms with van der Waals surface area (Å²) in [5.74, 6) is 0.320. The van der Waals surface area contributed by atoms with Crippen LogP contribution in [-0.4, -0.2) is 37.2 Å². The zero-order chi connectivity index (χ0) is 18.3. The average Bonchev–Trinajstić information content (AvgIpc) is 3.06. The molecule has 0 spiro atoms. The molecule has 2 aliphatic heterocycles. The third-order valence-corrected chi connectivity index (χ3v) is 7.49. The van der Waals surface area contributed by atoms with Crippen LogP contribution in [0.2, 0.25) is 5.02 Å². The molecule has 0 aliphatic carbocycles. The van der Waals surface area contributed by atoms with Crippen molar-refractivity contribution in [1.29, 1.82) is 0 Å². The van der Waals surface area contributed by atoms with E-state index in [4.69, 9.17) is 11.6 Å². The van der Waals surface area contributed by atoms with E-state index in [1.807, 2.05) is 17.0 Å². The number of hydrogen-bond donors (Lipinski definition) is 0. The van der Waals surface area contributed by atoms with E-state index in [9.17, 15) is 12.8 Å². The molecule has 8 heteroatoms. The van der Waals surface area contributed by atoms with Crippen molar-refractivity contribution in [3.8, 4) is 0 Å². The standard InChI is InChI=1S/C18H16ClFN2O2S2/c19-13-5-7-14(8-6-13)22-17-11-26(23,24)10-16(17)21-18(22)25-9-12-3-1-2-4-15(12)20/h1-8,16-17H,9-11H2/t16-,17-/m0/s1. The van der Waals surface area contributed by atoms with Crippen molar-refractivity contribution in [2.45, 2.75) is 17.8 Å². The molecule has 2 heterocycles. The second kappa shape index (κ2) is 6.87. The number of nitrogens with zero attached hydrogens (tertiary/aromatic N) is 2. The van der Waals surface area contributed by atoms with Crippen LogP contribution in [0.5, 0.6) is 0 Å². The van der Waals surface area contributed by atoms with Crippen LogP contribution in [0.15, 0.2) is 53.5 Å². The predicted molar refractivity (Wildman–Crippen MR) is 105 cm³/mol. The first-order valence-corrected chi connectivity index (χ1v) is 11.3. The number of hydrogen-bond acceptors (Lipinski definition) is 5. The number of sulfone groups is 1. The van der Waals surface area contributed by atoms with Gasteiger partial charge < -0.3 is 4.90 Å². The highest BCUT2D eigenvalue weighted by molar-refractivity contribution is 8.13. The van der Waals surface area contributed by atoms with Gasteiger partial charge in [-0.1, -0.05) is 41.6 Å². The van der Waals surface area contributed by atoms with Gasteiger partial charge in [-0.2, -0.15) is 0 Å². The predicted octanol–water partition coefficient (Wildman–Crippen LogP) is 3.75. The maximum atomic E-state index is 13.9. The lowest BCUT2D eigenvalue weighted by molar-refractivity contribution is 0.601. The Labute approximate surface area is 161 Å². The lowest BCUT2D eigenvalue weighted by atomic mass is 10.1. The highest BCUT2D eigenvalue weighted by Crippen LogP contribution is 2.36. The summed E-state index contributed by atoms with van der Waals surface area (Å²) in [6.45, 7) is 0. The van der Waals surface area contributed by atoms with E-state index in [1.165, 1.54) is 17.8 Å². The lowest BCUT2D eigenvalue weighted by Crippen LogP contribution is -2.39. The van der Waals surface area contributed by atoms with Crippen molar-refractivity contribution in [1.82, 2.24) is 0 Å². The Morgan fingerprint density at radius 2 is 1.88 bits per heavy atom. The number of thioether (sulfide) groups is 1. The number of benzene rings is 2. The summed E-state index contributed by atoms with van der Waals surface area (Å²) in [6.07, 6.45) is 0. The normalized spacial score (nSPS) is 23.8. The molecule has 136 valence electrons. The Kier molecular flexibility index (Phi) is 4.71. The van der Waals surface area contributed by atoms with Crippen molar-refractivity contribution in [3.63, 3.8) is 0 Å². The average molecular weight is 411 g/mol. The maximum Gasteiger partial charge on any atom is 0.164 e. The van der Waals surface area contributed by atoms with Crippen LogP contribution >= 0.6 is 23.4 Å². The van der Waals surface area contributed by atoms with Crippen molar-refractivity contribution < 1.29 is 12.8 Å². The van der Waals surface area contributed by atoms with E-state index < -0.39 is 9.84 Å². The first-order chi connectivity index (χ1) is 12.4. The summed E-state index contributed by atoms with van der Waals surface area (Å²) >= 11 is 7.40. The molecule has 0 unspecified atom stereocenters. The molecule has 0 saturated carbocycles. The topological polar surface area (TPSA) is 49.7 Å². The highest BCUT2D eigenvalue weighted by Gasteiger charge is 2.47. The van der Waals surface area contributed by atoms with Gasteiger partial charge in [0.15, 0.2) is 15.0 Å². The molecule has 4 nitrogen and oxygen atoms in total. The first kappa shape index (κ1) is 17.8. The van der Waals surface area contributed by atoms with Gasteiger partial charge >= 0.3 is 0 Å². The van der Waals surface area contributed by atoms with Gasteiger partial charge in [0.25, 0.3) is 0 Å². The van der Waals surface area contributed by atoms with E-state index in [1.54, 1.807) is 30.3 Å². The van der Waals surface area contributed by atoms with Gasteiger partial charge in [-0.25, -0.2) is 12.8 Å². The van der Waals surface area contributed by atoms with E-state index in [0.29, 0.717) is 16.3 Å². The number of anilines is 1. The molecule has 2 aliphatic rings. The van der Waals surface area contributed by atoms with E-state index in [0.717, 1.165) is 10.9 Å². The minimum Gasteiger partial charge on any atom is -0.315 e. The Balaban J connectivity index is 1.63. The van der Waals surface area contributed by atoms with Gasteiger partial charge in [0.05, 0.1) is 23.6 Å². The SMILES string of the molecule is O=S1(=O)C[C@@H]2N=C(SCc3ccccc3F)N(c3ccc(Cl)cc3)[C@H]2C1. The molecule has 1 saturated heterocycles. The van der Waals surface area contributed by atoms with Crippen molar-refractivity contribution in [3.05, 3.63) is 64.9 Å². The number of amidine groups is 1.